The van der Waals surface area contributed by atoms with Crippen LogP contribution < -0.4 is 11.5 Å². The molecule has 1 saturated carbocycles. The number of quaternary nitrogens is 2. The van der Waals surface area contributed by atoms with E-state index in [1.54, 1.807) is 0 Å². The Morgan fingerprint density at radius 3 is 1.44 bits per heavy atom. The minimum absolute atomic E-state index is 0.226. The van der Waals surface area contributed by atoms with Crippen molar-refractivity contribution in [2.75, 3.05) is 0 Å². The van der Waals surface area contributed by atoms with Crippen molar-refractivity contribution in [2.24, 2.45) is 0 Å². The first-order valence-electron chi connectivity index (χ1n) is 4.41. The van der Waals surface area contributed by atoms with Crippen molar-refractivity contribution in [3.63, 3.8) is 0 Å². The topological polar surface area (TPSA) is 196 Å². The third-order valence-corrected chi connectivity index (χ3v) is 2.27. The summed E-state index contributed by atoms with van der Waals surface area (Å²) in [6, 6.07) is -0.452. The summed E-state index contributed by atoms with van der Waals surface area (Å²) in [6.07, 6.45) is -2.36. The van der Waals surface area contributed by atoms with Gasteiger partial charge in [0.15, 0.2) is 0 Å². The lowest BCUT2D eigenvalue weighted by molar-refractivity contribution is -0.505. The van der Waals surface area contributed by atoms with Gasteiger partial charge in [-0.05, 0) is 0 Å². The van der Waals surface area contributed by atoms with E-state index in [4.69, 9.17) is 17.5 Å². The van der Waals surface area contributed by atoms with E-state index in [0.717, 1.165) is 0 Å². The smallest absolute Gasteiger partial charge is 0.134 e. The molecule has 1 fully saturated rings. The van der Waals surface area contributed by atoms with Crippen molar-refractivity contribution >= 4 is 10.4 Å². The second-order valence-corrected chi connectivity index (χ2v) is 4.45. The summed E-state index contributed by atoms with van der Waals surface area (Å²) in [4.78, 5) is 0. The summed E-state index contributed by atoms with van der Waals surface area (Å²) in [6.45, 7) is 0. The van der Waals surface area contributed by atoms with Crippen LogP contribution in [-0.2, 0) is 10.4 Å². The minimum atomic E-state index is -5.17. The van der Waals surface area contributed by atoms with Crippen LogP contribution in [0.3, 0.4) is 0 Å². The van der Waals surface area contributed by atoms with Crippen molar-refractivity contribution in [1.82, 2.24) is 0 Å². The SMILES string of the molecule is O=S(=O)([O-])[O-].[NH3+][C@@H]1C[C@H]([NH3+])[C@H](O)C(O)[C@@H]1O. The third kappa shape index (κ3) is 5.67. The maximum Gasteiger partial charge on any atom is 0.134 e. The normalized spacial score (nSPS) is 39.8. The Bertz CT molecular complexity index is 286. The molecule has 9 nitrogen and oxygen atoms in total. The summed E-state index contributed by atoms with van der Waals surface area (Å²) in [5.41, 5.74) is 7.31. The number of hydrogen-bond acceptors (Lipinski definition) is 7. The molecule has 0 saturated heterocycles. The van der Waals surface area contributed by atoms with Crippen molar-refractivity contribution in [2.45, 2.75) is 36.8 Å². The van der Waals surface area contributed by atoms with Crippen LogP contribution in [0.5, 0.6) is 0 Å². The summed E-state index contributed by atoms with van der Waals surface area (Å²) >= 11 is 0. The number of rotatable bonds is 0. The van der Waals surface area contributed by atoms with Gasteiger partial charge in [0.05, 0.1) is 6.42 Å². The van der Waals surface area contributed by atoms with Crippen molar-refractivity contribution < 1.29 is 44.3 Å². The van der Waals surface area contributed by atoms with E-state index in [1.807, 2.05) is 0 Å². The highest BCUT2D eigenvalue weighted by molar-refractivity contribution is 7.79. The molecule has 0 radical (unpaired) electrons. The largest absolute Gasteiger partial charge is 0.759 e. The van der Waals surface area contributed by atoms with Crippen molar-refractivity contribution in [3.8, 4) is 0 Å². The summed E-state index contributed by atoms with van der Waals surface area (Å²) in [7, 11) is -5.17. The Labute approximate surface area is 92.3 Å². The molecule has 0 spiro atoms. The fraction of sp³-hybridized carbons (Fsp3) is 1.00. The van der Waals surface area contributed by atoms with Crippen molar-refractivity contribution in [3.05, 3.63) is 0 Å². The molecule has 1 rings (SSSR count). The predicted molar refractivity (Wildman–Crippen MR) is 46.5 cm³/mol. The van der Waals surface area contributed by atoms with Crippen LogP contribution in [0.4, 0.5) is 0 Å². The highest BCUT2D eigenvalue weighted by atomic mass is 32.3. The molecule has 0 aromatic rings. The zero-order valence-electron chi connectivity index (χ0n) is 8.39. The molecule has 0 amide bonds. The molecule has 1 aliphatic carbocycles. The highest BCUT2D eigenvalue weighted by Crippen LogP contribution is 2.15. The maximum absolute atomic E-state index is 9.23. The van der Waals surface area contributed by atoms with E-state index in [9.17, 15) is 15.3 Å². The van der Waals surface area contributed by atoms with E-state index < -0.39 is 28.7 Å². The second kappa shape index (κ2) is 5.84. The van der Waals surface area contributed by atoms with Crippen LogP contribution >= 0.6 is 0 Å². The van der Waals surface area contributed by atoms with Crippen LogP contribution in [0.2, 0.25) is 0 Å². The zero-order valence-corrected chi connectivity index (χ0v) is 9.21. The standard InChI is InChI=1S/C6H14N2O3.H2O4S/c7-2-1-3(8)5(10)6(11)4(2)9;1-5(2,3)4/h2-6,9-11H,1,7-8H2;(H2,1,2,3,4)/t2-,3+,4-,5+,6?;. The van der Waals surface area contributed by atoms with Crippen LogP contribution in [0.1, 0.15) is 6.42 Å². The van der Waals surface area contributed by atoms with Gasteiger partial charge in [-0.15, -0.1) is 0 Å². The van der Waals surface area contributed by atoms with Gasteiger partial charge in [0.1, 0.15) is 30.4 Å². The molecule has 16 heavy (non-hydrogen) atoms. The average Bonchev–Trinajstić information content (AvgIpc) is 2.09. The molecule has 5 atom stereocenters. The monoisotopic (exact) mass is 260 g/mol. The van der Waals surface area contributed by atoms with E-state index in [2.05, 4.69) is 11.5 Å². The molecule has 1 aliphatic rings. The minimum Gasteiger partial charge on any atom is -0.759 e. The molecular weight excluding hydrogens is 244 g/mol. The molecule has 0 bridgehead atoms. The van der Waals surface area contributed by atoms with Gasteiger partial charge in [-0.2, -0.15) is 0 Å². The lowest BCUT2D eigenvalue weighted by atomic mass is 9.85. The molecular formula is C6H16N2O7S. The van der Waals surface area contributed by atoms with Crippen molar-refractivity contribution in [1.29, 1.82) is 0 Å². The molecule has 0 aliphatic heterocycles. The van der Waals surface area contributed by atoms with Gasteiger partial charge in [0.25, 0.3) is 0 Å². The number of hydrogen-bond donors (Lipinski definition) is 5. The highest BCUT2D eigenvalue weighted by Gasteiger charge is 2.43. The lowest BCUT2D eigenvalue weighted by Crippen LogP contribution is -2.81. The van der Waals surface area contributed by atoms with Crippen LogP contribution in [0.25, 0.3) is 0 Å². The van der Waals surface area contributed by atoms with E-state index in [1.165, 1.54) is 0 Å². The molecule has 98 valence electrons. The molecule has 0 aromatic carbocycles. The fourth-order valence-electron chi connectivity index (χ4n) is 1.43. The van der Waals surface area contributed by atoms with E-state index in [-0.39, 0.29) is 12.1 Å². The molecule has 9 N–H and O–H groups in total. The molecule has 10 heteroatoms. The van der Waals surface area contributed by atoms with Gasteiger partial charge in [-0.1, -0.05) is 0 Å². The van der Waals surface area contributed by atoms with Gasteiger partial charge in [0, 0.05) is 10.4 Å². The lowest BCUT2D eigenvalue weighted by Gasteiger charge is -2.33. The first-order valence-corrected chi connectivity index (χ1v) is 5.74. The van der Waals surface area contributed by atoms with Crippen LogP contribution in [-0.4, -0.2) is 63.2 Å². The molecule has 0 aromatic heterocycles. The first-order chi connectivity index (χ1) is 7.04. The van der Waals surface area contributed by atoms with Crippen LogP contribution in [0, 0.1) is 0 Å². The third-order valence-electron chi connectivity index (χ3n) is 2.27. The zero-order chi connectivity index (χ0) is 13.1. The predicted octanol–water partition coefficient (Wildman–Crippen LogP) is -5.64. The van der Waals surface area contributed by atoms with Gasteiger partial charge in [0.2, 0.25) is 0 Å². The summed E-state index contributed by atoms with van der Waals surface area (Å²) < 4.78 is 34.1. The van der Waals surface area contributed by atoms with E-state index >= 15 is 0 Å². The summed E-state index contributed by atoms with van der Waals surface area (Å²) in [5.74, 6) is 0. The Kier molecular flexibility index (Phi) is 5.72. The van der Waals surface area contributed by atoms with Gasteiger partial charge in [-0.3, -0.25) is 8.42 Å². The van der Waals surface area contributed by atoms with Gasteiger partial charge >= 0.3 is 0 Å². The van der Waals surface area contributed by atoms with Crippen LogP contribution in [0.15, 0.2) is 0 Å². The number of aliphatic hydroxyl groups is 3. The van der Waals surface area contributed by atoms with Gasteiger partial charge in [-0.25, -0.2) is 0 Å². The van der Waals surface area contributed by atoms with E-state index in [0.29, 0.717) is 6.42 Å². The Balaban J connectivity index is 0.000000385. The fourth-order valence-corrected chi connectivity index (χ4v) is 1.43. The quantitative estimate of drug-likeness (QED) is 0.211. The molecule has 1 unspecified atom stereocenters. The van der Waals surface area contributed by atoms with Gasteiger partial charge < -0.3 is 35.9 Å². The average molecular weight is 260 g/mol. The Morgan fingerprint density at radius 2 is 1.19 bits per heavy atom. The number of aliphatic hydroxyl groups excluding tert-OH is 3. The second-order valence-electron chi connectivity index (χ2n) is 3.64. The summed E-state index contributed by atoms with van der Waals surface area (Å²) in [5, 5.41) is 27.7. The Hall–Kier alpha value is -0.330. The molecule has 0 heterocycles. The first kappa shape index (κ1) is 15.7. The maximum atomic E-state index is 9.23. The Morgan fingerprint density at radius 1 is 0.938 bits per heavy atom.